The lowest BCUT2D eigenvalue weighted by atomic mass is 10.1. The van der Waals surface area contributed by atoms with Crippen molar-refractivity contribution in [1.82, 2.24) is 20.9 Å². The van der Waals surface area contributed by atoms with E-state index in [1.165, 1.54) is 0 Å². The van der Waals surface area contributed by atoms with Gasteiger partial charge < -0.3 is 25.6 Å². The van der Waals surface area contributed by atoms with Gasteiger partial charge in [-0.05, 0) is 24.1 Å². The average molecular weight is 383 g/mol. The van der Waals surface area contributed by atoms with Crippen molar-refractivity contribution in [3.8, 4) is 5.75 Å². The third kappa shape index (κ3) is 6.07. The van der Waals surface area contributed by atoms with Crippen LogP contribution in [-0.4, -0.2) is 56.2 Å². The fraction of sp³-hybridized carbons (Fsp3) is 0.556. The van der Waals surface area contributed by atoms with Gasteiger partial charge in [0.15, 0.2) is 0 Å². The molecule has 1 fully saturated rings. The van der Waals surface area contributed by atoms with Crippen molar-refractivity contribution in [3.63, 3.8) is 0 Å². The molecule has 7 nitrogen and oxygen atoms in total. The molecule has 2 rings (SSSR count). The Bertz CT molecular complexity index is 626. The van der Waals surface area contributed by atoms with E-state index in [2.05, 4.69) is 16.0 Å². The van der Waals surface area contributed by atoms with Crippen molar-refractivity contribution in [2.75, 3.05) is 33.3 Å². The van der Waals surface area contributed by atoms with Crippen LogP contribution in [0.5, 0.6) is 5.75 Å². The molecule has 26 heavy (non-hydrogen) atoms. The van der Waals surface area contributed by atoms with Gasteiger partial charge in [-0.25, -0.2) is 4.79 Å². The number of halogens is 1. The van der Waals surface area contributed by atoms with Gasteiger partial charge in [0.1, 0.15) is 5.75 Å². The Labute approximate surface area is 159 Å². The smallest absolute Gasteiger partial charge is 0.317 e. The van der Waals surface area contributed by atoms with Crippen LogP contribution < -0.4 is 20.7 Å². The number of rotatable bonds is 7. The molecule has 144 valence electrons. The lowest BCUT2D eigenvalue weighted by Crippen LogP contribution is -2.56. The Morgan fingerprint density at radius 1 is 1.38 bits per heavy atom. The number of hydrogen-bond donors (Lipinski definition) is 3. The number of amides is 3. The van der Waals surface area contributed by atoms with E-state index in [0.29, 0.717) is 49.9 Å². The van der Waals surface area contributed by atoms with E-state index in [1.807, 2.05) is 13.0 Å². The molecule has 0 spiro atoms. The fourth-order valence-corrected chi connectivity index (χ4v) is 3.09. The molecule has 1 saturated heterocycles. The molecule has 1 aromatic carbocycles. The molecule has 8 heteroatoms. The highest BCUT2D eigenvalue weighted by molar-refractivity contribution is 6.32. The fourth-order valence-electron chi connectivity index (χ4n) is 2.81. The van der Waals surface area contributed by atoms with Crippen molar-refractivity contribution in [2.24, 2.45) is 0 Å². The summed E-state index contributed by atoms with van der Waals surface area (Å²) in [6, 6.07) is 5.31. The molecule has 0 aliphatic carbocycles. The molecule has 3 N–H and O–H groups in total. The van der Waals surface area contributed by atoms with Gasteiger partial charge in [-0.15, -0.1) is 0 Å². The van der Waals surface area contributed by atoms with E-state index in [0.717, 1.165) is 12.0 Å². The van der Waals surface area contributed by atoms with E-state index in [1.54, 1.807) is 24.1 Å². The summed E-state index contributed by atoms with van der Waals surface area (Å²) in [5.41, 5.74) is 0.904. The molecule has 1 aliphatic heterocycles. The van der Waals surface area contributed by atoms with Gasteiger partial charge in [0.05, 0.1) is 12.1 Å². The van der Waals surface area contributed by atoms with Crippen LogP contribution in [0.25, 0.3) is 0 Å². The lowest BCUT2D eigenvalue weighted by Gasteiger charge is -2.33. The van der Waals surface area contributed by atoms with Gasteiger partial charge >= 0.3 is 6.03 Å². The highest BCUT2D eigenvalue weighted by atomic mass is 35.5. The lowest BCUT2D eigenvalue weighted by molar-refractivity contribution is -0.121. The summed E-state index contributed by atoms with van der Waals surface area (Å²) >= 11 is 6.09. The molecule has 0 saturated carbocycles. The Balaban J connectivity index is 1.78. The van der Waals surface area contributed by atoms with E-state index in [-0.39, 0.29) is 18.0 Å². The number of piperazine rings is 1. The molecular weight excluding hydrogens is 356 g/mol. The minimum Gasteiger partial charge on any atom is -0.495 e. The number of methoxy groups -OCH3 is 1. The van der Waals surface area contributed by atoms with E-state index in [9.17, 15) is 9.59 Å². The maximum atomic E-state index is 12.2. The van der Waals surface area contributed by atoms with Crippen LogP contribution in [0.1, 0.15) is 25.3 Å². The first kappa shape index (κ1) is 20.3. The zero-order valence-corrected chi connectivity index (χ0v) is 16.1. The van der Waals surface area contributed by atoms with Crippen LogP contribution in [-0.2, 0) is 11.3 Å². The summed E-state index contributed by atoms with van der Waals surface area (Å²) in [4.78, 5) is 26.0. The first-order valence-electron chi connectivity index (χ1n) is 8.88. The average Bonchev–Trinajstić information content (AvgIpc) is 2.64. The number of urea groups is 1. The van der Waals surface area contributed by atoms with Crippen LogP contribution in [0.2, 0.25) is 5.02 Å². The van der Waals surface area contributed by atoms with Gasteiger partial charge in [0.25, 0.3) is 0 Å². The number of hydrogen-bond acceptors (Lipinski definition) is 4. The van der Waals surface area contributed by atoms with Crippen LogP contribution in [0.3, 0.4) is 0 Å². The minimum atomic E-state index is -0.0646. The maximum absolute atomic E-state index is 12.2. The normalized spacial score (nSPS) is 16.9. The quantitative estimate of drug-likeness (QED) is 0.671. The van der Waals surface area contributed by atoms with Gasteiger partial charge in [0, 0.05) is 45.2 Å². The second-order valence-corrected chi connectivity index (χ2v) is 6.69. The van der Waals surface area contributed by atoms with Crippen molar-refractivity contribution < 1.29 is 14.3 Å². The van der Waals surface area contributed by atoms with Crippen molar-refractivity contribution >= 4 is 23.5 Å². The van der Waals surface area contributed by atoms with Crippen molar-refractivity contribution in [1.29, 1.82) is 0 Å². The van der Waals surface area contributed by atoms with Gasteiger partial charge in [-0.2, -0.15) is 0 Å². The van der Waals surface area contributed by atoms with Gasteiger partial charge in [0.2, 0.25) is 5.91 Å². The molecule has 0 radical (unpaired) electrons. The topological polar surface area (TPSA) is 82.7 Å². The monoisotopic (exact) mass is 382 g/mol. The van der Waals surface area contributed by atoms with E-state index >= 15 is 0 Å². The molecule has 1 aliphatic rings. The second kappa shape index (κ2) is 10.2. The number of nitrogens with zero attached hydrogens (tertiary/aromatic N) is 1. The van der Waals surface area contributed by atoms with Gasteiger partial charge in [-0.1, -0.05) is 24.6 Å². The number of carbonyl (C=O) groups is 2. The highest BCUT2D eigenvalue weighted by Gasteiger charge is 2.24. The number of nitrogens with one attached hydrogen (secondary N) is 3. The molecule has 1 unspecified atom stereocenters. The summed E-state index contributed by atoms with van der Waals surface area (Å²) < 4.78 is 5.12. The Morgan fingerprint density at radius 3 is 2.88 bits per heavy atom. The summed E-state index contributed by atoms with van der Waals surface area (Å²) in [7, 11) is 1.56. The zero-order chi connectivity index (χ0) is 18.9. The third-order valence-corrected chi connectivity index (χ3v) is 4.50. The van der Waals surface area contributed by atoms with Crippen molar-refractivity contribution in [2.45, 2.75) is 32.4 Å². The largest absolute Gasteiger partial charge is 0.495 e. The summed E-state index contributed by atoms with van der Waals surface area (Å²) in [6.07, 6.45) is 1.22. The Hall–Kier alpha value is -1.99. The molecular formula is C18H27ClN4O3. The minimum absolute atomic E-state index is 0.0458. The molecule has 1 aromatic rings. The molecule has 1 atom stereocenters. The van der Waals surface area contributed by atoms with Crippen LogP contribution in [0.4, 0.5) is 4.79 Å². The van der Waals surface area contributed by atoms with Crippen LogP contribution >= 0.6 is 11.6 Å². The summed E-state index contributed by atoms with van der Waals surface area (Å²) in [5, 5.41) is 9.57. The molecule has 1 heterocycles. The zero-order valence-electron chi connectivity index (χ0n) is 15.3. The van der Waals surface area contributed by atoms with E-state index < -0.39 is 0 Å². The number of carbonyl (C=O) groups excluding carboxylic acids is 2. The third-order valence-electron chi connectivity index (χ3n) is 4.21. The van der Waals surface area contributed by atoms with Crippen LogP contribution in [0.15, 0.2) is 18.2 Å². The maximum Gasteiger partial charge on any atom is 0.317 e. The van der Waals surface area contributed by atoms with Crippen LogP contribution in [0, 0.1) is 0 Å². The predicted molar refractivity (Wildman–Crippen MR) is 102 cm³/mol. The molecule has 0 aromatic heterocycles. The molecule has 3 amide bonds. The first-order chi connectivity index (χ1) is 12.5. The second-order valence-electron chi connectivity index (χ2n) is 6.28. The van der Waals surface area contributed by atoms with E-state index in [4.69, 9.17) is 16.3 Å². The molecule has 0 bridgehead atoms. The number of benzene rings is 1. The summed E-state index contributed by atoms with van der Waals surface area (Å²) in [6.45, 7) is 4.94. The standard InChI is InChI=1S/C18H27ClN4O3/c1-3-6-21-18(25)23-8-7-20-14(12-23)10-17(24)22-11-13-4-5-16(26-2)15(19)9-13/h4-5,9,14,20H,3,6-8,10-12H2,1-2H3,(H,21,25)(H,22,24). The predicted octanol–water partition coefficient (Wildman–Crippen LogP) is 1.75. The Kier molecular flexibility index (Phi) is 8.00. The summed E-state index contributed by atoms with van der Waals surface area (Å²) in [5.74, 6) is 0.542. The Morgan fingerprint density at radius 2 is 2.19 bits per heavy atom. The number of ether oxygens (including phenoxy) is 1. The first-order valence-corrected chi connectivity index (χ1v) is 9.26. The van der Waals surface area contributed by atoms with Crippen molar-refractivity contribution in [3.05, 3.63) is 28.8 Å². The van der Waals surface area contributed by atoms with Gasteiger partial charge in [-0.3, -0.25) is 4.79 Å². The SMILES string of the molecule is CCCNC(=O)N1CCNC(CC(=O)NCc2ccc(OC)c(Cl)c2)C1. The highest BCUT2D eigenvalue weighted by Crippen LogP contribution is 2.24.